The van der Waals surface area contributed by atoms with Crippen molar-refractivity contribution in [3.05, 3.63) is 35.2 Å². The van der Waals surface area contributed by atoms with Crippen molar-refractivity contribution in [2.24, 2.45) is 0 Å². The Labute approximate surface area is 175 Å². The van der Waals surface area contributed by atoms with Crippen molar-refractivity contribution < 1.29 is 17.6 Å². The van der Waals surface area contributed by atoms with Gasteiger partial charge >= 0.3 is 0 Å². The normalized spacial score (nSPS) is 17.6. The lowest BCUT2D eigenvalue weighted by molar-refractivity contribution is -0.132. The number of carbonyl (C=O) groups excluding carboxylic acids is 1. The highest BCUT2D eigenvalue weighted by Gasteiger charge is 2.35. The molecule has 0 unspecified atom stereocenters. The molecule has 1 amide bonds. The Morgan fingerprint density at radius 3 is 2.45 bits per heavy atom. The van der Waals surface area contributed by atoms with Crippen molar-refractivity contribution in [2.75, 3.05) is 5.75 Å². The van der Waals surface area contributed by atoms with E-state index in [1.807, 2.05) is 0 Å². The molecule has 0 N–H and O–H groups in total. The minimum Gasteiger partial charge on any atom is -0.419 e. The summed E-state index contributed by atoms with van der Waals surface area (Å²) in [6.07, 6.45) is 5.20. The van der Waals surface area contributed by atoms with Gasteiger partial charge in [-0.25, -0.2) is 8.42 Å². The van der Waals surface area contributed by atoms with Crippen LogP contribution in [0.4, 0.5) is 0 Å². The van der Waals surface area contributed by atoms with Crippen LogP contribution in [-0.4, -0.2) is 46.5 Å². The first-order valence-electron chi connectivity index (χ1n) is 10.0. The van der Waals surface area contributed by atoms with Crippen molar-refractivity contribution in [3.8, 4) is 11.5 Å². The Kier molecular flexibility index (Phi) is 5.92. The Bertz CT molecular complexity index is 964. The third-order valence-corrected chi connectivity index (χ3v) is 8.09. The lowest BCUT2D eigenvalue weighted by Gasteiger charge is -2.21. The number of rotatable bonds is 8. The van der Waals surface area contributed by atoms with E-state index in [0.717, 1.165) is 44.1 Å². The van der Waals surface area contributed by atoms with Gasteiger partial charge in [0.25, 0.3) is 0 Å². The molecule has 9 heteroatoms. The fourth-order valence-electron chi connectivity index (χ4n) is 3.77. The fourth-order valence-corrected chi connectivity index (χ4v) is 5.74. The smallest absolute Gasteiger partial charge is 0.247 e. The first-order chi connectivity index (χ1) is 13.9. The first-order valence-corrected chi connectivity index (χ1v) is 12.1. The summed E-state index contributed by atoms with van der Waals surface area (Å²) in [5.74, 6) is 0.456. The molecule has 0 bridgehead atoms. The first kappa shape index (κ1) is 20.3. The largest absolute Gasteiger partial charge is 0.419 e. The zero-order chi connectivity index (χ0) is 20.4. The summed E-state index contributed by atoms with van der Waals surface area (Å²) < 4.78 is 30.7. The highest BCUT2D eigenvalue weighted by Crippen LogP contribution is 2.30. The van der Waals surface area contributed by atoms with Crippen LogP contribution in [0, 0.1) is 0 Å². The number of aromatic nitrogens is 2. The second-order valence-corrected chi connectivity index (χ2v) is 10.6. The van der Waals surface area contributed by atoms with Gasteiger partial charge in [0.15, 0.2) is 9.84 Å². The van der Waals surface area contributed by atoms with Crippen LogP contribution in [0.15, 0.2) is 28.7 Å². The molecule has 0 aliphatic heterocycles. The number of halogens is 1. The highest BCUT2D eigenvalue weighted by atomic mass is 35.5. The summed E-state index contributed by atoms with van der Waals surface area (Å²) in [6, 6.07) is 7.19. The molecule has 2 saturated carbocycles. The molecule has 2 aliphatic carbocycles. The van der Waals surface area contributed by atoms with Gasteiger partial charge in [-0.2, -0.15) is 0 Å². The van der Waals surface area contributed by atoms with E-state index < -0.39 is 9.84 Å². The minimum absolute atomic E-state index is 0.00745. The van der Waals surface area contributed by atoms with E-state index in [4.69, 9.17) is 16.0 Å². The molecule has 2 fully saturated rings. The van der Waals surface area contributed by atoms with E-state index in [0.29, 0.717) is 16.8 Å². The summed E-state index contributed by atoms with van der Waals surface area (Å²) in [7, 11) is -3.21. The number of hydrogen-bond donors (Lipinski definition) is 0. The van der Waals surface area contributed by atoms with Crippen LogP contribution in [-0.2, 0) is 21.2 Å². The molecule has 2 aromatic rings. The number of carbonyl (C=O) groups is 1. The molecule has 0 spiro atoms. The predicted octanol–water partition coefficient (Wildman–Crippen LogP) is 3.63. The maximum atomic E-state index is 12.8. The van der Waals surface area contributed by atoms with Crippen LogP contribution in [0.2, 0.25) is 5.02 Å². The lowest BCUT2D eigenvalue weighted by atomic mass is 10.2. The fraction of sp³-hybridized carbons (Fsp3) is 0.550. The summed E-state index contributed by atoms with van der Waals surface area (Å²) in [4.78, 5) is 14.4. The second kappa shape index (κ2) is 8.44. The van der Waals surface area contributed by atoms with Crippen LogP contribution in [0.1, 0.15) is 50.8 Å². The number of amides is 1. The average Bonchev–Trinajstić information content (AvgIpc) is 3.19. The summed E-state index contributed by atoms with van der Waals surface area (Å²) in [5, 5.41) is 8.45. The van der Waals surface area contributed by atoms with Crippen LogP contribution < -0.4 is 0 Å². The van der Waals surface area contributed by atoms with Gasteiger partial charge in [0, 0.05) is 23.0 Å². The molecule has 1 aromatic carbocycles. The Morgan fingerprint density at radius 2 is 1.79 bits per heavy atom. The Morgan fingerprint density at radius 1 is 1.10 bits per heavy atom. The summed E-state index contributed by atoms with van der Waals surface area (Å²) in [5.41, 5.74) is 0.750. The number of nitrogens with zero attached hydrogens (tertiary/aromatic N) is 3. The maximum Gasteiger partial charge on any atom is 0.247 e. The van der Waals surface area contributed by atoms with Gasteiger partial charge in [-0.1, -0.05) is 24.4 Å². The molecule has 7 nitrogen and oxygen atoms in total. The predicted molar refractivity (Wildman–Crippen MR) is 109 cm³/mol. The van der Waals surface area contributed by atoms with Gasteiger partial charge in [-0.3, -0.25) is 4.79 Å². The van der Waals surface area contributed by atoms with Gasteiger partial charge in [-0.05, 0) is 49.9 Å². The number of sulfone groups is 1. The third-order valence-electron chi connectivity index (χ3n) is 5.58. The Hall–Kier alpha value is -1.93. The molecule has 29 heavy (non-hydrogen) atoms. The zero-order valence-corrected chi connectivity index (χ0v) is 17.7. The number of benzene rings is 1. The quantitative estimate of drug-likeness (QED) is 0.626. The average molecular weight is 438 g/mol. The molecule has 1 aromatic heterocycles. The van der Waals surface area contributed by atoms with Crippen molar-refractivity contribution >= 4 is 27.3 Å². The zero-order valence-electron chi connectivity index (χ0n) is 16.1. The summed E-state index contributed by atoms with van der Waals surface area (Å²) >= 11 is 5.90. The van der Waals surface area contributed by atoms with Gasteiger partial charge in [0.1, 0.15) is 0 Å². The monoisotopic (exact) mass is 437 g/mol. The topological polar surface area (TPSA) is 93.4 Å². The molecular weight excluding hydrogens is 414 g/mol. The van der Waals surface area contributed by atoms with E-state index in [9.17, 15) is 13.2 Å². The van der Waals surface area contributed by atoms with Crippen LogP contribution in [0.3, 0.4) is 0 Å². The SMILES string of the molecule is O=C(CCS(=O)(=O)C1CCCC1)N(Cc1nnc(-c2ccc(Cl)cc2)o1)C1CC1. The standard InChI is InChI=1S/C20H24ClN3O4S/c21-15-7-5-14(6-8-15)20-23-22-18(28-20)13-24(16-9-10-16)19(25)11-12-29(26,27)17-3-1-2-4-17/h5-8,16-17H,1-4,9-13H2. The van der Waals surface area contributed by atoms with Gasteiger partial charge in [0.2, 0.25) is 17.7 Å². The van der Waals surface area contributed by atoms with E-state index >= 15 is 0 Å². The van der Waals surface area contributed by atoms with E-state index in [-0.39, 0.29) is 35.9 Å². The highest BCUT2D eigenvalue weighted by molar-refractivity contribution is 7.92. The molecule has 1 heterocycles. The van der Waals surface area contributed by atoms with Gasteiger partial charge in [-0.15, -0.1) is 10.2 Å². The summed E-state index contributed by atoms with van der Waals surface area (Å²) in [6.45, 7) is 0.202. The van der Waals surface area contributed by atoms with Crippen molar-refractivity contribution in [3.63, 3.8) is 0 Å². The van der Waals surface area contributed by atoms with E-state index in [1.54, 1.807) is 29.2 Å². The van der Waals surface area contributed by atoms with Crippen LogP contribution in [0.25, 0.3) is 11.5 Å². The second-order valence-electron chi connectivity index (χ2n) is 7.78. The van der Waals surface area contributed by atoms with Gasteiger partial charge in [0.05, 0.1) is 17.5 Å². The molecule has 156 valence electrons. The van der Waals surface area contributed by atoms with Gasteiger partial charge < -0.3 is 9.32 Å². The van der Waals surface area contributed by atoms with E-state index in [2.05, 4.69) is 10.2 Å². The number of hydrogen-bond acceptors (Lipinski definition) is 6. The molecule has 0 saturated heterocycles. The molecular formula is C20H24ClN3O4S. The molecule has 0 atom stereocenters. The van der Waals surface area contributed by atoms with E-state index in [1.165, 1.54) is 0 Å². The Balaban J connectivity index is 1.39. The molecule has 0 radical (unpaired) electrons. The third kappa shape index (κ3) is 4.98. The molecule has 2 aliphatic rings. The van der Waals surface area contributed by atoms with Crippen LogP contribution in [0.5, 0.6) is 0 Å². The maximum absolute atomic E-state index is 12.8. The molecule has 4 rings (SSSR count). The van der Waals surface area contributed by atoms with Crippen LogP contribution >= 0.6 is 11.6 Å². The van der Waals surface area contributed by atoms with Crippen molar-refractivity contribution in [1.82, 2.24) is 15.1 Å². The lowest BCUT2D eigenvalue weighted by Crippen LogP contribution is -2.34. The minimum atomic E-state index is -3.21. The van der Waals surface area contributed by atoms with Crippen molar-refractivity contribution in [2.45, 2.75) is 62.8 Å². The van der Waals surface area contributed by atoms with Crippen molar-refractivity contribution in [1.29, 1.82) is 0 Å².